The normalized spacial score (nSPS) is 13.8. The largest absolute Gasteiger partial charge is 1.00 e. The number of benzene rings is 1. The number of carbonyl (C=O) groups excluding carboxylic acids is 2. The molecule has 0 spiro atoms. The summed E-state index contributed by atoms with van der Waals surface area (Å²) in [5.41, 5.74) is 0.408. The molecule has 1 aromatic carbocycles. The molecule has 1 aliphatic heterocycles. The maximum Gasteiger partial charge on any atom is 1.00 e. The predicted molar refractivity (Wildman–Crippen MR) is 96.2 cm³/mol. The van der Waals surface area contributed by atoms with E-state index in [0.29, 0.717) is 12.1 Å². The van der Waals surface area contributed by atoms with Gasteiger partial charge in [-0.25, -0.2) is 0 Å². The van der Waals surface area contributed by atoms with Crippen molar-refractivity contribution in [2.45, 2.75) is 26.7 Å². The molecule has 1 N–H and O–H groups in total. The monoisotopic (exact) mass is 367 g/mol. The second-order valence-electron chi connectivity index (χ2n) is 6.15. The zero-order valence-electron chi connectivity index (χ0n) is 16.4. The first-order chi connectivity index (χ1) is 12.5. The van der Waals surface area contributed by atoms with Gasteiger partial charge in [0.15, 0.2) is 0 Å². The van der Waals surface area contributed by atoms with E-state index in [2.05, 4.69) is 34.4 Å². The summed E-state index contributed by atoms with van der Waals surface area (Å²) >= 11 is 0. The summed E-state index contributed by atoms with van der Waals surface area (Å²) in [5.74, 6) is -1.60. The van der Waals surface area contributed by atoms with Gasteiger partial charge in [0, 0.05) is 37.3 Å². The molecule has 1 heterocycles. The Morgan fingerprint density at radius 2 is 1.89 bits per heavy atom. The topological polar surface area (TPSA) is 100 Å². The molecule has 8 nitrogen and oxygen atoms in total. The molecule has 0 unspecified atom stereocenters. The van der Waals surface area contributed by atoms with E-state index in [0.717, 1.165) is 45.6 Å². The van der Waals surface area contributed by atoms with Crippen LogP contribution in [0.3, 0.4) is 0 Å². The van der Waals surface area contributed by atoms with Gasteiger partial charge in [-0.1, -0.05) is 25.1 Å². The van der Waals surface area contributed by atoms with Crippen molar-refractivity contribution in [3.63, 3.8) is 0 Å². The van der Waals surface area contributed by atoms with Gasteiger partial charge in [0.1, 0.15) is 0 Å². The molecular formula is C18H26LiN5O3. The van der Waals surface area contributed by atoms with Crippen LogP contribution in [0, 0.1) is 0 Å². The van der Waals surface area contributed by atoms with E-state index in [9.17, 15) is 14.7 Å². The van der Waals surface area contributed by atoms with Gasteiger partial charge in [-0.3, -0.25) is 9.80 Å². The molecule has 1 saturated heterocycles. The fraction of sp³-hybridized carbons (Fsp3) is 0.556. The first-order valence-corrected chi connectivity index (χ1v) is 9.07. The van der Waals surface area contributed by atoms with Crippen molar-refractivity contribution in [1.82, 2.24) is 15.2 Å². The van der Waals surface area contributed by atoms with Gasteiger partial charge >= 0.3 is 18.9 Å². The third-order valence-corrected chi connectivity index (χ3v) is 4.45. The van der Waals surface area contributed by atoms with Crippen molar-refractivity contribution in [3.05, 3.63) is 29.3 Å². The Bertz CT molecular complexity index is 658. The van der Waals surface area contributed by atoms with E-state index >= 15 is 0 Å². The molecule has 1 fully saturated rings. The Balaban J connectivity index is 0.00000364. The van der Waals surface area contributed by atoms with Gasteiger partial charge < -0.3 is 20.1 Å². The van der Waals surface area contributed by atoms with Crippen molar-refractivity contribution in [2.24, 2.45) is 10.3 Å². The SMILES string of the molecule is CCN(CC)CCNC(=O)c1ccc(C(=O)[O-])c(N=NN2CCCC2)c1.[Li+]. The van der Waals surface area contributed by atoms with Gasteiger partial charge in [-0.05, 0) is 38.1 Å². The van der Waals surface area contributed by atoms with E-state index < -0.39 is 5.97 Å². The zero-order valence-corrected chi connectivity index (χ0v) is 16.4. The van der Waals surface area contributed by atoms with Crippen LogP contribution in [0.2, 0.25) is 0 Å². The molecule has 2 rings (SSSR count). The number of carboxylic acids is 1. The fourth-order valence-electron chi connectivity index (χ4n) is 2.80. The number of hydrogen-bond acceptors (Lipinski definition) is 6. The number of aromatic carboxylic acids is 1. The Labute approximate surface area is 172 Å². The maximum absolute atomic E-state index is 12.3. The molecule has 0 atom stereocenters. The van der Waals surface area contributed by atoms with Crippen molar-refractivity contribution < 1.29 is 33.6 Å². The summed E-state index contributed by atoms with van der Waals surface area (Å²) < 4.78 is 0. The summed E-state index contributed by atoms with van der Waals surface area (Å²) in [4.78, 5) is 25.8. The molecule has 0 radical (unpaired) electrons. The first kappa shape index (κ1) is 23.2. The minimum atomic E-state index is -1.34. The van der Waals surface area contributed by atoms with E-state index in [1.54, 1.807) is 5.01 Å². The quantitative estimate of drug-likeness (QED) is 0.411. The van der Waals surface area contributed by atoms with Crippen molar-refractivity contribution in [1.29, 1.82) is 0 Å². The summed E-state index contributed by atoms with van der Waals surface area (Å²) in [6.45, 7) is 8.88. The van der Waals surface area contributed by atoms with Crippen LogP contribution in [0.15, 0.2) is 28.5 Å². The molecule has 9 heteroatoms. The van der Waals surface area contributed by atoms with E-state index in [-0.39, 0.29) is 36.0 Å². The number of nitrogens with one attached hydrogen (secondary N) is 1. The number of nitrogens with zero attached hydrogens (tertiary/aromatic N) is 4. The number of hydrogen-bond donors (Lipinski definition) is 1. The third kappa shape index (κ3) is 6.98. The predicted octanol–water partition coefficient (Wildman–Crippen LogP) is -1.78. The van der Waals surface area contributed by atoms with E-state index in [4.69, 9.17) is 0 Å². The van der Waals surface area contributed by atoms with Crippen LogP contribution < -0.4 is 29.3 Å². The van der Waals surface area contributed by atoms with Gasteiger partial charge in [0.2, 0.25) is 0 Å². The molecule has 1 amide bonds. The van der Waals surface area contributed by atoms with E-state index in [1.165, 1.54) is 18.2 Å². The minimum absolute atomic E-state index is 0. The number of rotatable bonds is 9. The fourth-order valence-corrected chi connectivity index (χ4v) is 2.80. The second kappa shape index (κ2) is 11.8. The van der Waals surface area contributed by atoms with Crippen LogP contribution in [-0.2, 0) is 0 Å². The Kier molecular flexibility index (Phi) is 10.1. The van der Waals surface area contributed by atoms with Crippen LogP contribution in [0.4, 0.5) is 5.69 Å². The molecule has 0 aliphatic carbocycles. The maximum atomic E-state index is 12.3. The number of carbonyl (C=O) groups is 2. The number of amides is 1. The molecule has 0 aromatic heterocycles. The van der Waals surface area contributed by atoms with E-state index in [1.807, 2.05) is 0 Å². The van der Waals surface area contributed by atoms with Gasteiger partial charge in [-0.2, -0.15) is 0 Å². The van der Waals surface area contributed by atoms with Crippen LogP contribution in [0.5, 0.6) is 0 Å². The average molecular weight is 367 g/mol. The van der Waals surface area contributed by atoms with Crippen LogP contribution >= 0.6 is 0 Å². The van der Waals surface area contributed by atoms with Gasteiger partial charge in [-0.15, -0.1) is 5.11 Å². The molecule has 142 valence electrons. The van der Waals surface area contributed by atoms with Crippen LogP contribution in [-0.4, -0.2) is 61.1 Å². The van der Waals surface area contributed by atoms with Crippen LogP contribution in [0.1, 0.15) is 47.4 Å². The third-order valence-electron chi connectivity index (χ3n) is 4.45. The molecular weight excluding hydrogens is 341 g/mol. The standard InChI is InChI=1S/C18H27N5O3.Li/c1-3-22(4-2)12-9-19-17(24)14-7-8-15(18(25)26)16(13-14)20-21-23-10-5-6-11-23;/h7-8,13H,3-6,9-12H2,1-2H3,(H,19,24)(H,25,26);/q;+1/p-1. The van der Waals surface area contributed by atoms with Crippen molar-refractivity contribution in [3.8, 4) is 0 Å². The smallest absolute Gasteiger partial charge is 0.545 e. The summed E-state index contributed by atoms with van der Waals surface area (Å²) in [7, 11) is 0. The summed E-state index contributed by atoms with van der Waals surface area (Å²) in [6, 6.07) is 4.25. The second-order valence-corrected chi connectivity index (χ2v) is 6.15. The molecule has 0 saturated carbocycles. The Hall–Kier alpha value is -1.88. The number of carboxylic acid groups (broad SMARTS) is 1. The first-order valence-electron chi connectivity index (χ1n) is 9.07. The molecule has 1 aromatic rings. The van der Waals surface area contributed by atoms with Gasteiger partial charge in [0.05, 0.1) is 11.7 Å². The molecule has 0 bridgehead atoms. The zero-order chi connectivity index (χ0) is 18.9. The number of likely N-dealkylation sites (N-methyl/N-ethyl adjacent to an activating group) is 1. The van der Waals surface area contributed by atoms with Gasteiger partial charge in [0.25, 0.3) is 5.91 Å². The minimum Gasteiger partial charge on any atom is -0.545 e. The van der Waals surface area contributed by atoms with Crippen LogP contribution in [0.25, 0.3) is 0 Å². The summed E-state index contributed by atoms with van der Waals surface area (Å²) in [6.07, 6.45) is 2.09. The molecule has 1 aliphatic rings. The van der Waals surface area contributed by atoms with Crippen molar-refractivity contribution >= 4 is 17.6 Å². The Morgan fingerprint density at radius 1 is 1.22 bits per heavy atom. The van der Waals surface area contributed by atoms with Crippen molar-refractivity contribution in [2.75, 3.05) is 39.3 Å². The summed E-state index contributed by atoms with van der Waals surface area (Å²) in [5, 5.41) is 24.0. The average Bonchev–Trinajstić information content (AvgIpc) is 3.16. The molecule has 27 heavy (non-hydrogen) atoms. The Morgan fingerprint density at radius 3 is 2.48 bits per heavy atom.